The molecular weight excluding hydrogens is 448 g/mol. The summed E-state index contributed by atoms with van der Waals surface area (Å²) < 4.78 is 0. The van der Waals surface area contributed by atoms with Crippen molar-refractivity contribution in [3.05, 3.63) is 90.3 Å². The number of hydrogen-bond acceptors (Lipinski definition) is 5. The lowest BCUT2D eigenvalue weighted by atomic mass is 9.95. The van der Waals surface area contributed by atoms with Crippen LogP contribution in [0.5, 0.6) is 0 Å². The smallest absolute Gasteiger partial charge is 0.253 e. The predicted molar refractivity (Wildman–Crippen MR) is 144 cm³/mol. The highest BCUT2D eigenvalue weighted by Crippen LogP contribution is 2.23. The van der Waals surface area contributed by atoms with Crippen molar-refractivity contribution in [2.75, 3.05) is 51.2 Å². The van der Waals surface area contributed by atoms with Crippen LogP contribution in [-0.4, -0.2) is 77.0 Å². The van der Waals surface area contributed by atoms with Crippen LogP contribution in [0.2, 0.25) is 0 Å². The van der Waals surface area contributed by atoms with Gasteiger partial charge in [-0.05, 0) is 67.9 Å². The Kier molecular flexibility index (Phi) is 7.57. The second kappa shape index (κ2) is 11.4. The van der Waals surface area contributed by atoms with Crippen LogP contribution < -0.4 is 4.90 Å². The van der Waals surface area contributed by atoms with E-state index in [0.29, 0.717) is 6.54 Å². The third-order valence-electron chi connectivity index (χ3n) is 7.10. The number of anilines is 1. The first-order chi connectivity index (χ1) is 17.7. The molecule has 1 fully saturated rings. The number of likely N-dealkylation sites (N-methyl/N-ethyl adjacent to an activating group) is 1. The zero-order valence-electron chi connectivity index (χ0n) is 20.9. The third-order valence-corrected chi connectivity index (χ3v) is 7.10. The van der Waals surface area contributed by atoms with Crippen LogP contribution >= 0.6 is 0 Å². The molecule has 0 bridgehead atoms. The monoisotopic (exact) mass is 482 g/mol. The minimum Gasteiger partial charge on any atom is -0.341 e. The number of para-hydroxylation sites is 2. The van der Waals surface area contributed by atoms with Crippen molar-refractivity contribution in [3.63, 3.8) is 0 Å². The average Bonchev–Trinajstić information content (AvgIpc) is 3.22. The lowest BCUT2D eigenvalue weighted by Crippen LogP contribution is -2.35. The Morgan fingerprint density at radius 1 is 0.972 bits per heavy atom. The van der Waals surface area contributed by atoms with Crippen molar-refractivity contribution in [3.8, 4) is 0 Å². The van der Waals surface area contributed by atoms with Gasteiger partial charge in [-0.15, -0.1) is 0 Å². The fourth-order valence-corrected chi connectivity index (χ4v) is 5.05. The zero-order chi connectivity index (χ0) is 24.7. The Morgan fingerprint density at radius 3 is 2.56 bits per heavy atom. The molecule has 1 atom stereocenters. The van der Waals surface area contributed by atoms with Crippen molar-refractivity contribution in [2.24, 2.45) is 0 Å². The van der Waals surface area contributed by atoms with Gasteiger partial charge < -0.3 is 19.7 Å². The van der Waals surface area contributed by atoms with Crippen LogP contribution in [0.1, 0.15) is 34.7 Å². The molecule has 4 aromatic rings. The molecule has 1 aliphatic rings. The van der Waals surface area contributed by atoms with Gasteiger partial charge in [0, 0.05) is 57.1 Å². The van der Waals surface area contributed by atoms with Crippen molar-refractivity contribution in [1.82, 2.24) is 24.8 Å². The number of nitrogens with one attached hydrogen (secondary N) is 1. The summed E-state index contributed by atoms with van der Waals surface area (Å²) in [7, 11) is 1.90. The van der Waals surface area contributed by atoms with Gasteiger partial charge in [0.15, 0.2) is 0 Å². The van der Waals surface area contributed by atoms with Gasteiger partial charge in [0.2, 0.25) is 5.95 Å². The number of aromatic nitrogens is 3. The number of carbonyl (C=O) groups excluding carboxylic acids is 1. The largest absolute Gasteiger partial charge is 0.341 e. The number of fused-ring (bicyclic) bond motifs is 1. The number of amides is 1. The first kappa shape index (κ1) is 24.0. The minimum atomic E-state index is 0.0610. The van der Waals surface area contributed by atoms with Gasteiger partial charge in [-0.25, -0.2) is 4.98 Å². The highest BCUT2D eigenvalue weighted by atomic mass is 16.2. The van der Waals surface area contributed by atoms with Crippen LogP contribution in [-0.2, 0) is 0 Å². The molecule has 2 aromatic carbocycles. The molecule has 0 spiro atoms. The molecule has 2 aromatic heterocycles. The summed E-state index contributed by atoms with van der Waals surface area (Å²) in [6.07, 6.45) is 5.78. The molecule has 0 saturated carbocycles. The van der Waals surface area contributed by atoms with Gasteiger partial charge in [-0.1, -0.05) is 30.3 Å². The molecule has 0 radical (unpaired) electrons. The first-order valence-corrected chi connectivity index (χ1v) is 12.8. The Morgan fingerprint density at radius 2 is 1.75 bits per heavy atom. The number of nitrogens with zero attached hydrogens (tertiary/aromatic N) is 5. The van der Waals surface area contributed by atoms with Crippen molar-refractivity contribution in [2.45, 2.75) is 18.8 Å². The van der Waals surface area contributed by atoms with Crippen LogP contribution in [0.15, 0.2) is 79.1 Å². The molecular formula is C29H34N6O. The summed E-state index contributed by atoms with van der Waals surface area (Å²) in [5.74, 6) is 1.28. The number of H-pyrrole nitrogens is 1. The Hall–Kier alpha value is -3.71. The summed E-state index contributed by atoms with van der Waals surface area (Å²) in [6.45, 7) is 5.69. The fraction of sp³-hybridized carbons (Fsp3) is 0.345. The highest BCUT2D eigenvalue weighted by Gasteiger charge is 2.22. The van der Waals surface area contributed by atoms with Crippen molar-refractivity contribution in [1.29, 1.82) is 0 Å². The normalized spacial score (nSPS) is 15.5. The van der Waals surface area contributed by atoms with Gasteiger partial charge in [-0.2, -0.15) is 0 Å². The van der Waals surface area contributed by atoms with E-state index in [0.717, 1.165) is 68.1 Å². The number of carbonyl (C=O) groups is 1. The van der Waals surface area contributed by atoms with Gasteiger partial charge in [0.1, 0.15) is 0 Å². The number of imidazole rings is 1. The topological polar surface area (TPSA) is 68.4 Å². The first-order valence-electron chi connectivity index (χ1n) is 12.8. The Bertz CT molecular complexity index is 1230. The molecule has 1 saturated heterocycles. The van der Waals surface area contributed by atoms with Gasteiger partial charge in [0.25, 0.3) is 5.91 Å². The molecule has 1 unspecified atom stereocenters. The summed E-state index contributed by atoms with van der Waals surface area (Å²) >= 11 is 0. The Balaban J connectivity index is 1.21. The molecule has 7 heteroatoms. The zero-order valence-corrected chi connectivity index (χ0v) is 20.9. The van der Waals surface area contributed by atoms with E-state index in [4.69, 9.17) is 4.98 Å². The van der Waals surface area contributed by atoms with E-state index in [1.807, 2.05) is 66.8 Å². The molecule has 1 amide bonds. The van der Waals surface area contributed by atoms with Gasteiger partial charge >= 0.3 is 0 Å². The fourth-order valence-electron chi connectivity index (χ4n) is 5.05. The molecule has 186 valence electrons. The second-order valence-corrected chi connectivity index (χ2v) is 9.58. The number of hydrogen-bond donors (Lipinski definition) is 1. The van der Waals surface area contributed by atoms with Crippen LogP contribution in [0, 0.1) is 0 Å². The summed E-state index contributed by atoms with van der Waals surface area (Å²) in [5.41, 5.74) is 4.06. The minimum absolute atomic E-state index is 0.0610. The number of aromatic amines is 1. The van der Waals surface area contributed by atoms with Gasteiger partial charge in [-0.3, -0.25) is 9.78 Å². The summed E-state index contributed by atoms with van der Waals surface area (Å²) in [5, 5.41) is 0. The van der Waals surface area contributed by atoms with E-state index >= 15 is 0 Å². The highest BCUT2D eigenvalue weighted by molar-refractivity contribution is 5.94. The molecule has 1 aliphatic heterocycles. The van der Waals surface area contributed by atoms with Crippen LogP contribution in [0.25, 0.3) is 11.0 Å². The maximum absolute atomic E-state index is 13.0. The van der Waals surface area contributed by atoms with Crippen molar-refractivity contribution < 1.29 is 4.79 Å². The number of pyridine rings is 1. The molecule has 36 heavy (non-hydrogen) atoms. The second-order valence-electron chi connectivity index (χ2n) is 9.58. The summed E-state index contributed by atoms with van der Waals surface area (Å²) in [6, 6.07) is 21.9. The van der Waals surface area contributed by atoms with E-state index in [-0.39, 0.29) is 11.8 Å². The lowest BCUT2D eigenvalue weighted by molar-refractivity contribution is 0.0783. The molecule has 0 aliphatic carbocycles. The quantitative estimate of drug-likeness (QED) is 0.403. The van der Waals surface area contributed by atoms with Crippen molar-refractivity contribution >= 4 is 22.9 Å². The van der Waals surface area contributed by atoms with Crippen LogP contribution in [0.4, 0.5) is 5.95 Å². The SMILES string of the molecule is CN(CC(CCN1CCCN(c2nc3ccccc3[nH]2)CC1)c1ccncc1)C(=O)c1ccccc1. The predicted octanol–water partition coefficient (Wildman–Crippen LogP) is 4.42. The molecule has 7 nitrogen and oxygen atoms in total. The average molecular weight is 483 g/mol. The van der Waals surface area contributed by atoms with E-state index < -0.39 is 0 Å². The number of rotatable bonds is 8. The lowest BCUT2D eigenvalue weighted by Gasteiger charge is -2.28. The standard InChI is InChI=1S/C29H34N6O/c1-33(28(36)24-8-3-2-4-9-24)22-25(23-12-15-30-16-13-23)14-19-34-17-7-18-35(21-20-34)29-31-26-10-5-6-11-27(26)32-29/h2-6,8-13,15-16,25H,7,14,17-22H2,1H3,(H,31,32). The maximum Gasteiger partial charge on any atom is 0.253 e. The molecule has 3 heterocycles. The molecule has 5 rings (SSSR count). The van der Waals surface area contributed by atoms with E-state index in [2.05, 4.69) is 44.0 Å². The maximum atomic E-state index is 13.0. The van der Waals surface area contributed by atoms with Gasteiger partial charge in [0.05, 0.1) is 11.0 Å². The summed E-state index contributed by atoms with van der Waals surface area (Å²) in [4.78, 5) is 32.2. The number of benzene rings is 2. The van der Waals surface area contributed by atoms with E-state index in [9.17, 15) is 4.79 Å². The van der Waals surface area contributed by atoms with Crippen LogP contribution in [0.3, 0.4) is 0 Å². The van der Waals surface area contributed by atoms with E-state index in [1.165, 1.54) is 5.56 Å². The molecule has 1 N–H and O–H groups in total. The van der Waals surface area contributed by atoms with E-state index in [1.54, 1.807) is 0 Å². The third kappa shape index (κ3) is 5.74. The Labute approximate surface area is 212 Å².